The molecule has 0 aromatic rings. The third kappa shape index (κ3) is 6.61. The van der Waals surface area contributed by atoms with E-state index >= 15 is 0 Å². The van der Waals surface area contributed by atoms with Crippen molar-refractivity contribution in [2.75, 3.05) is 0 Å². The Kier molecular flexibility index (Phi) is 6.97. The van der Waals surface area contributed by atoms with E-state index in [0.29, 0.717) is 0 Å². The van der Waals surface area contributed by atoms with Crippen molar-refractivity contribution < 1.29 is 73.9 Å². The second kappa shape index (κ2) is 6.79. The number of halogens is 3. The summed E-state index contributed by atoms with van der Waals surface area (Å²) in [4.78, 5) is 11.3. The SMILES string of the molecule is CC(C)(C)OC(=O)NC1CC=C([B-](F)(F)F)C1.[K+]. The number of ether oxygens (including phenoxy) is 1. The summed E-state index contributed by atoms with van der Waals surface area (Å²) in [6.07, 6.45) is 0.507. The first-order valence-electron chi connectivity index (χ1n) is 5.46. The zero-order valence-corrected chi connectivity index (χ0v) is 14.2. The fourth-order valence-corrected chi connectivity index (χ4v) is 1.60. The second-order valence-corrected chi connectivity index (χ2v) is 5.14. The Bertz CT molecular complexity index is 339. The summed E-state index contributed by atoms with van der Waals surface area (Å²) in [7, 11) is 0. The normalized spacial score (nSPS) is 19.9. The number of carbonyl (C=O) groups is 1. The second-order valence-electron chi connectivity index (χ2n) is 5.14. The Balaban J connectivity index is 0.00000289. The van der Waals surface area contributed by atoms with Gasteiger partial charge in [0.1, 0.15) is 5.60 Å². The molecule has 1 unspecified atom stereocenters. The summed E-state index contributed by atoms with van der Waals surface area (Å²) in [5.74, 6) is 0. The fraction of sp³-hybridized carbons (Fsp3) is 0.700. The quantitative estimate of drug-likeness (QED) is 0.726. The van der Waals surface area contributed by atoms with E-state index < -0.39 is 30.2 Å². The molecule has 0 fully saturated rings. The molecule has 1 aliphatic carbocycles. The number of carbonyl (C=O) groups excluding carboxylic acids is 1. The minimum atomic E-state index is -4.93. The van der Waals surface area contributed by atoms with Gasteiger partial charge in [-0.25, -0.2) is 4.79 Å². The standard InChI is InChI=1S/C10H16BF3NO2.K/c1-10(2,3)17-9(16)15-8-5-4-7(6-8)11(12,13)14;/h4,8H,5-6H2,1-3H3,(H,15,16);/q-1;+1. The van der Waals surface area contributed by atoms with Crippen LogP contribution in [0.1, 0.15) is 33.6 Å². The Morgan fingerprint density at radius 2 is 2.00 bits per heavy atom. The van der Waals surface area contributed by atoms with E-state index in [9.17, 15) is 17.7 Å². The molecule has 1 aliphatic rings. The molecule has 0 aromatic heterocycles. The van der Waals surface area contributed by atoms with E-state index in [4.69, 9.17) is 4.74 Å². The molecule has 1 N–H and O–H groups in total. The van der Waals surface area contributed by atoms with E-state index in [1.54, 1.807) is 20.8 Å². The molecule has 18 heavy (non-hydrogen) atoms. The number of nitrogens with one attached hydrogen (secondary N) is 1. The zero-order valence-electron chi connectivity index (χ0n) is 11.1. The van der Waals surface area contributed by atoms with Crippen LogP contribution in [0, 0.1) is 0 Å². The first-order chi connectivity index (χ1) is 7.58. The van der Waals surface area contributed by atoms with Crippen LogP contribution in [-0.2, 0) is 4.74 Å². The van der Waals surface area contributed by atoms with Gasteiger partial charge < -0.3 is 23.0 Å². The Morgan fingerprint density at radius 1 is 1.44 bits per heavy atom. The van der Waals surface area contributed by atoms with Gasteiger partial charge in [-0.05, 0) is 33.6 Å². The molecule has 0 spiro atoms. The van der Waals surface area contributed by atoms with Crippen molar-refractivity contribution in [3.8, 4) is 0 Å². The van der Waals surface area contributed by atoms with Crippen LogP contribution in [0.25, 0.3) is 0 Å². The molecule has 1 atom stereocenters. The largest absolute Gasteiger partial charge is 1.00 e. The van der Waals surface area contributed by atoms with E-state index in [1.165, 1.54) is 0 Å². The molecule has 0 saturated heterocycles. The predicted molar refractivity (Wildman–Crippen MR) is 59.6 cm³/mol. The minimum absolute atomic E-state index is 0. The van der Waals surface area contributed by atoms with Gasteiger partial charge in [0, 0.05) is 6.04 Å². The average Bonchev–Trinajstić information content (AvgIpc) is 2.47. The molecule has 8 heteroatoms. The monoisotopic (exact) mass is 289 g/mol. The van der Waals surface area contributed by atoms with Gasteiger partial charge in [0.05, 0.1) is 0 Å². The Labute approximate surface area is 147 Å². The van der Waals surface area contributed by atoms with Gasteiger partial charge in [0.2, 0.25) is 0 Å². The van der Waals surface area contributed by atoms with Gasteiger partial charge in [-0.15, -0.1) is 11.5 Å². The first kappa shape index (κ1) is 18.5. The maximum absolute atomic E-state index is 12.4. The maximum atomic E-state index is 12.4. The van der Waals surface area contributed by atoms with E-state index in [2.05, 4.69) is 5.32 Å². The summed E-state index contributed by atoms with van der Waals surface area (Å²) >= 11 is 0. The molecule has 0 aliphatic heterocycles. The van der Waals surface area contributed by atoms with Gasteiger partial charge in [-0.2, -0.15) is 0 Å². The molecule has 0 saturated carbocycles. The first-order valence-corrected chi connectivity index (χ1v) is 5.46. The van der Waals surface area contributed by atoms with Gasteiger partial charge >= 0.3 is 64.5 Å². The van der Waals surface area contributed by atoms with Gasteiger partial charge in [0.15, 0.2) is 0 Å². The van der Waals surface area contributed by atoms with E-state index in [-0.39, 0.29) is 64.2 Å². The van der Waals surface area contributed by atoms with Crippen LogP contribution in [0.5, 0.6) is 0 Å². The number of alkyl carbamates (subject to hydrolysis) is 1. The topological polar surface area (TPSA) is 38.3 Å². The van der Waals surface area contributed by atoms with Gasteiger partial charge in [-0.3, -0.25) is 0 Å². The number of rotatable bonds is 2. The summed E-state index contributed by atoms with van der Waals surface area (Å²) in [6.45, 7) is 0.166. The summed E-state index contributed by atoms with van der Waals surface area (Å²) in [6, 6.07) is -0.511. The van der Waals surface area contributed by atoms with Crippen molar-refractivity contribution in [1.82, 2.24) is 5.32 Å². The van der Waals surface area contributed by atoms with E-state index in [0.717, 1.165) is 6.08 Å². The summed E-state index contributed by atoms with van der Waals surface area (Å²) in [5.41, 5.74) is -1.17. The number of hydrogen-bond acceptors (Lipinski definition) is 2. The van der Waals surface area contributed by atoms with Gasteiger partial charge in [0.25, 0.3) is 0 Å². The molecule has 98 valence electrons. The van der Waals surface area contributed by atoms with Crippen molar-refractivity contribution >= 4 is 13.1 Å². The number of amides is 1. The molecular formula is C10H16BF3KNO2. The van der Waals surface area contributed by atoms with Crippen LogP contribution in [0.2, 0.25) is 0 Å². The van der Waals surface area contributed by atoms with Crippen LogP contribution >= 0.6 is 0 Å². The van der Waals surface area contributed by atoms with Crippen molar-refractivity contribution in [2.45, 2.75) is 45.3 Å². The smallest absolute Gasteiger partial charge is 0.445 e. The van der Waals surface area contributed by atoms with Crippen LogP contribution in [0.3, 0.4) is 0 Å². The Hall–Kier alpha value is 0.501. The molecule has 0 aromatic carbocycles. The van der Waals surface area contributed by atoms with Crippen LogP contribution in [0.15, 0.2) is 11.5 Å². The van der Waals surface area contributed by atoms with Crippen LogP contribution in [0.4, 0.5) is 17.7 Å². The molecule has 0 heterocycles. The Morgan fingerprint density at radius 3 is 2.39 bits per heavy atom. The van der Waals surface area contributed by atoms with Crippen molar-refractivity contribution in [3.63, 3.8) is 0 Å². The van der Waals surface area contributed by atoms with E-state index in [1.807, 2.05) is 0 Å². The molecule has 1 rings (SSSR count). The van der Waals surface area contributed by atoms with Crippen LogP contribution in [-0.4, -0.2) is 24.7 Å². The van der Waals surface area contributed by atoms with Crippen molar-refractivity contribution in [1.29, 1.82) is 0 Å². The molecular weight excluding hydrogens is 273 g/mol. The molecule has 0 bridgehead atoms. The summed E-state index contributed by atoms with van der Waals surface area (Å²) < 4.78 is 42.1. The molecule has 0 radical (unpaired) electrons. The fourth-order valence-electron chi connectivity index (χ4n) is 1.60. The summed E-state index contributed by atoms with van der Waals surface area (Å²) in [5, 5.41) is 2.43. The zero-order chi connectivity index (χ0) is 13.3. The molecule has 1 amide bonds. The van der Waals surface area contributed by atoms with Crippen LogP contribution < -0.4 is 56.7 Å². The van der Waals surface area contributed by atoms with Crippen molar-refractivity contribution in [3.05, 3.63) is 11.5 Å². The molecule has 3 nitrogen and oxygen atoms in total. The third-order valence-electron chi connectivity index (χ3n) is 2.29. The predicted octanol–water partition coefficient (Wildman–Crippen LogP) is -0.00950. The minimum Gasteiger partial charge on any atom is -0.445 e. The maximum Gasteiger partial charge on any atom is 1.00 e. The average molecular weight is 289 g/mol. The number of hydrogen-bond donors (Lipinski definition) is 1. The third-order valence-corrected chi connectivity index (χ3v) is 2.29. The van der Waals surface area contributed by atoms with Gasteiger partial charge in [-0.1, -0.05) is 0 Å². The van der Waals surface area contributed by atoms with Crippen molar-refractivity contribution in [2.24, 2.45) is 0 Å².